The molecule has 1 saturated heterocycles. The van der Waals surface area contributed by atoms with E-state index in [1.807, 2.05) is 36.9 Å². The van der Waals surface area contributed by atoms with Crippen LogP contribution in [0.1, 0.15) is 48.3 Å². The Morgan fingerprint density at radius 1 is 1.19 bits per heavy atom. The van der Waals surface area contributed by atoms with Crippen molar-refractivity contribution in [3.63, 3.8) is 0 Å². The molecule has 3 rings (SSSR count). The lowest BCUT2D eigenvalue weighted by atomic mass is 10.2. The van der Waals surface area contributed by atoms with E-state index in [9.17, 15) is 9.59 Å². The van der Waals surface area contributed by atoms with Crippen molar-refractivity contribution < 1.29 is 9.59 Å². The largest absolute Gasteiger partial charge is 0.348 e. The molecule has 0 aromatic carbocycles. The SMILES string of the molecule is CCC(C)NC(=O)c1nc(C(=O)N2CCN(CC)CC2)n2ccccc12. The number of fused-ring (bicyclic) bond motifs is 1. The molecule has 3 heterocycles. The van der Waals surface area contributed by atoms with Crippen LogP contribution in [0.2, 0.25) is 0 Å². The highest BCUT2D eigenvalue weighted by molar-refractivity contribution is 6.02. The van der Waals surface area contributed by atoms with Crippen LogP contribution in [0.15, 0.2) is 24.4 Å². The summed E-state index contributed by atoms with van der Waals surface area (Å²) < 4.78 is 1.72. The van der Waals surface area contributed by atoms with E-state index in [-0.39, 0.29) is 17.9 Å². The molecule has 140 valence electrons. The molecular formula is C19H27N5O2. The molecule has 1 unspecified atom stereocenters. The molecule has 2 amide bonds. The van der Waals surface area contributed by atoms with Crippen molar-refractivity contribution in [1.82, 2.24) is 24.5 Å². The van der Waals surface area contributed by atoms with Crippen LogP contribution >= 0.6 is 0 Å². The van der Waals surface area contributed by atoms with Crippen LogP contribution in [0, 0.1) is 0 Å². The van der Waals surface area contributed by atoms with E-state index in [4.69, 9.17) is 0 Å². The molecule has 1 aliphatic rings. The van der Waals surface area contributed by atoms with Gasteiger partial charge in [0.1, 0.15) is 0 Å². The zero-order chi connectivity index (χ0) is 18.7. The monoisotopic (exact) mass is 357 g/mol. The van der Waals surface area contributed by atoms with E-state index in [0.29, 0.717) is 30.1 Å². The minimum Gasteiger partial charge on any atom is -0.348 e. The summed E-state index contributed by atoms with van der Waals surface area (Å²) in [6.45, 7) is 10.2. The highest BCUT2D eigenvalue weighted by Gasteiger charge is 2.27. The number of imidazole rings is 1. The van der Waals surface area contributed by atoms with Crippen molar-refractivity contribution in [2.45, 2.75) is 33.2 Å². The number of pyridine rings is 1. The second-order valence-electron chi connectivity index (χ2n) is 6.75. The molecule has 7 nitrogen and oxygen atoms in total. The van der Waals surface area contributed by atoms with Gasteiger partial charge in [0, 0.05) is 38.4 Å². The lowest BCUT2D eigenvalue weighted by Gasteiger charge is -2.33. The molecule has 0 saturated carbocycles. The minimum atomic E-state index is -0.238. The van der Waals surface area contributed by atoms with Gasteiger partial charge in [-0.1, -0.05) is 19.9 Å². The van der Waals surface area contributed by atoms with Gasteiger partial charge in [0.15, 0.2) is 5.69 Å². The molecule has 0 radical (unpaired) electrons. The molecule has 0 spiro atoms. The first-order valence-corrected chi connectivity index (χ1v) is 9.34. The van der Waals surface area contributed by atoms with Crippen molar-refractivity contribution in [3.05, 3.63) is 35.9 Å². The van der Waals surface area contributed by atoms with E-state index < -0.39 is 0 Å². The van der Waals surface area contributed by atoms with Crippen LogP contribution in [0.5, 0.6) is 0 Å². The van der Waals surface area contributed by atoms with Crippen LogP contribution < -0.4 is 5.32 Å². The smallest absolute Gasteiger partial charge is 0.290 e. The molecule has 26 heavy (non-hydrogen) atoms. The predicted octanol–water partition coefficient (Wildman–Crippen LogP) is 1.64. The number of nitrogens with zero attached hydrogens (tertiary/aromatic N) is 4. The Hall–Kier alpha value is -2.41. The van der Waals surface area contributed by atoms with Gasteiger partial charge in [-0.25, -0.2) is 4.98 Å². The van der Waals surface area contributed by atoms with Crippen LogP contribution in [-0.4, -0.2) is 69.8 Å². The molecule has 1 N–H and O–H groups in total. The first kappa shape index (κ1) is 18.4. The van der Waals surface area contributed by atoms with Gasteiger partial charge < -0.3 is 15.1 Å². The van der Waals surface area contributed by atoms with Crippen LogP contribution in [0.3, 0.4) is 0 Å². The summed E-state index contributed by atoms with van der Waals surface area (Å²) in [5.41, 5.74) is 0.963. The molecule has 1 atom stereocenters. The number of amides is 2. The summed E-state index contributed by atoms with van der Waals surface area (Å²) in [6, 6.07) is 5.58. The predicted molar refractivity (Wildman–Crippen MR) is 100 cm³/mol. The molecule has 0 bridgehead atoms. The maximum absolute atomic E-state index is 13.0. The van der Waals surface area contributed by atoms with Crippen LogP contribution in [-0.2, 0) is 0 Å². The van der Waals surface area contributed by atoms with Gasteiger partial charge in [0.2, 0.25) is 5.82 Å². The Labute approximate surface area is 154 Å². The number of rotatable bonds is 5. The number of likely N-dealkylation sites (N-methyl/N-ethyl adjacent to an activating group) is 1. The van der Waals surface area contributed by atoms with Crippen molar-refractivity contribution >= 4 is 17.3 Å². The Morgan fingerprint density at radius 2 is 1.92 bits per heavy atom. The van der Waals surface area contributed by atoms with Gasteiger partial charge in [0.05, 0.1) is 5.52 Å². The van der Waals surface area contributed by atoms with Crippen molar-refractivity contribution in [3.8, 4) is 0 Å². The average molecular weight is 357 g/mol. The van der Waals surface area contributed by atoms with E-state index in [1.165, 1.54) is 0 Å². The second kappa shape index (κ2) is 7.86. The lowest BCUT2D eigenvalue weighted by molar-refractivity contribution is 0.0630. The van der Waals surface area contributed by atoms with Gasteiger partial charge in [-0.2, -0.15) is 0 Å². The second-order valence-corrected chi connectivity index (χ2v) is 6.75. The van der Waals surface area contributed by atoms with E-state index in [0.717, 1.165) is 26.1 Å². The number of piperazine rings is 1. The third-order valence-corrected chi connectivity index (χ3v) is 5.05. The normalized spacial score (nSPS) is 16.7. The van der Waals surface area contributed by atoms with Crippen LogP contribution in [0.4, 0.5) is 0 Å². The molecule has 1 fully saturated rings. The first-order valence-electron chi connectivity index (χ1n) is 9.34. The summed E-state index contributed by atoms with van der Waals surface area (Å²) in [5.74, 6) is -0.0534. The maximum Gasteiger partial charge on any atom is 0.290 e. The summed E-state index contributed by atoms with van der Waals surface area (Å²) in [4.78, 5) is 34.2. The number of aromatic nitrogens is 2. The molecular weight excluding hydrogens is 330 g/mol. The minimum absolute atomic E-state index is 0.0595. The van der Waals surface area contributed by atoms with Crippen molar-refractivity contribution in [2.75, 3.05) is 32.7 Å². The van der Waals surface area contributed by atoms with E-state index >= 15 is 0 Å². The van der Waals surface area contributed by atoms with Gasteiger partial charge in [0.25, 0.3) is 11.8 Å². The number of carbonyl (C=O) groups excluding carboxylic acids is 2. The van der Waals surface area contributed by atoms with E-state index in [2.05, 4.69) is 22.1 Å². The fourth-order valence-electron chi connectivity index (χ4n) is 3.16. The molecule has 1 aliphatic heterocycles. The molecule has 0 aliphatic carbocycles. The quantitative estimate of drug-likeness (QED) is 0.883. The van der Waals surface area contributed by atoms with Crippen LogP contribution in [0.25, 0.3) is 5.52 Å². The summed E-state index contributed by atoms with van der Waals surface area (Å²) in [5, 5.41) is 2.94. The third kappa shape index (κ3) is 3.58. The highest BCUT2D eigenvalue weighted by Crippen LogP contribution is 2.16. The zero-order valence-electron chi connectivity index (χ0n) is 15.7. The molecule has 2 aromatic rings. The maximum atomic E-state index is 13.0. The number of carbonyl (C=O) groups is 2. The Balaban J connectivity index is 1.89. The topological polar surface area (TPSA) is 70.0 Å². The Morgan fingerprint density at radius 3 is 2.58 bits per heavy atom. The average Bonchev–Trinajstić information content (AvgIpc) is 3.07. The van der Waals surface area contributed by atoms with Gasteiger partial charge >= 0.3 is 0 Å². The summed E-state index contributed by atoms with van der Waals surface area (Å²) in [7, 11) is 0. The Kier molecular flexibility index (Phi) is 5.56. The third-order valence-electron chi connectivity index (χ3n) is 5.05. The number of hydrogen-bond acceptors (Lipinski definition) is 4. The van der Waals surface area contributed by atoms with Gasteiger partial charge in [-0.15, -0.1) is 0 Å². The van der Waals surface area contributed by atoms with E-state index in [1.54, 1.807) is 10.6 Å². The van der Waals surface area contributed by atoms with Gasteiger partial charge in [-0.05, 0) is 32.0 Å². The molecule has 2 aromatic heterocycles. The summed E-state index contributed by atoms with van der Waals surface area (Å²) in [6.07, 6.45) is 2.63. The Bertz CT molecular complexity index is 792. The summed E-state index contributed by atoms with van der Waals surface area (Å²) >= 11 is 0. The molecule has 7 heteroatoms. The fourth-order valence-corrected chi connectivity index (χ4v) is 3.16. The first-order chi connectivity index (χ1) is 12.5. The zero-order valence-corrected chi connectivity index (χ0v) is 15.7. The fraction of sp³-hybridized carbons (Fsp3) is 0.526. The van der Waals surface area contributed by atoms with Gasteiger partial charge in [-0.3, -0.25) is 14.0 Å². The number of nitrogens with one attached hydrogen (secondary N) is 1. The number of hydrogen-bond donors (Lipinski definition) is 1. The van der Waals surface area contributed by atoms with Crippen molar-refractivity contribution in [1.29, 1.82) is 0 Å². The van der Waals surface area contributed by atoms with Crippen molar-refractivity contribution in [2.24, 2.45) is 0 Å². The lowest BCUT2D eigenvalue weighted by Crippen LogP contribution is -2.48. The highest BCUT2D eigenvalue weighted by atomic mass is 16.2. The standard InChI is InChI=1S/C19H27N5O2/c1-4-14(3)20-18(25)16-15-8-6-7-9-24(15)17(21-16)19(26)23-12-10-22(5-2)11-13-23/h6-9,14H,4-5,10-13H2,1-3H3,(H,20,25).